The number of aliphatic hydroxyl groups is 1. The molecule has 2 rings (SSSR count). The molecule has 0 saturated carbocycles. The van der Waals surface area contributed by atoms with E-state index in [9.17, 15) is 4.79 Å². The number of carbonyl (C=O) groups is 1. The zero-order valence-corrected chi connectivity index (χ0v) is 12.4. The van der Waals surface area contributed by atoms with Crippen LogP contribution in [0.4, 0.5) is 0 Å². The number of pyridine rings is 1. The van der Waals surface area contributed by atoms with Gasteiger partial charge >= 0.3 is 0 Å². The Morgan fingerprint density at radius 3 is 3.05 bits per heavy atom. The second-order valence-corrected chi connectivity index (χ2v) is 5.17. The van der Waals surface area contributed by atoms with E-state index in [1.807, 2.05) is 12.3 Å². The lowest BCUT2D eigenvalue weighted by atomic mass is 10.1. The molecule has 2 aromatic rings. The topological polar surface area (TPSA) is 75.1 Å². The van der Waals surface area contributed by atoms with E-state index in [4.69, 9.17) is 5.11 Å². The van der Waals surface area contributed by atoms with Crippen molar-refractivity contribution in [3.63, 3.8) is 0 Å². The predicted octanol–water partition coefficient (Wildman–Crippen LogP) is 1.76. The lowest BCUT2D eigenvalue weighted by Crippen LogP contribution is -2.28. The molecule has 0 spiro atoms. The largest absolute Gasteiger partial charge is 0.395 e. The molecule has 1 unspecified atom stereocenters. The molecule has 0 bridgehead atoms. The summed E-state index contributed by atoms with van der Waals surface area (Å²) < 4.78 is 0. The van der Waals surface area contributed by atoms with Crippen molar-refractivity contribution < 1.29 is 9.90 Å². The van der Waals surface area contributed by atoms with E-state index >= 15 is 0 Å². The van der Waals surface area contributed by atoms with E-state index in [1.165, 1.54) is 11.3 Å². The van der Waals surface area contributed by atoms with Crippen molar-refractivity contribution in [1.29, 1.82) is 0 Å². The number of nitrogens with one attached hydrogen (secondary N) is 1. The fourth-order valence-electron chi connectivity index (χ4n) is 1.68. The van der Waals surface area contributed by atoms with E-state index in [0.29, 0.717) is 12.0 Å². The molecule has 21 heavy (non-hydrogen) atoms. The highest BCUT2D eigenvalue weighted by Gasteiger charge is 2.16. The molecule has 2 aromatic heterocycles. The quantitative estimate of drug-likeness (QED) is 0.844. The summed E-state index contributed by atoms with van der Waals surface area (Å²) in [5.41, 5.74) is 0.834. The molecular formula is C15H15N3O2S. The van der Waals surface area contributed by atoms with Crippen LogP contribution in [0.15, 0.2) is 29.9 Å². The number of amides is 1. The van der Waals surface area contributed by atoms with Crippen LogP contribution >= 0.6 is 11.3 Å². The Bertz CT molecular complexity index is 659. The third-order valence-corrected chi connectivity index (χ3v) is 3.61. The van der Waals surface area contributed by atoms with Crippen LogP contribution in [0.3, 0.4) is 0 Å². The summed E-state index contributed by atoms with van der Waals surface area (Å²) in [6.45, 7) is 1.87. The third-order valence-electron chi connectivity index (χ3n) is 2.65. The van der Waals surface area contributed by atoms with Gasteiger partial charge in [-0.2, -0.15) is 0 Å². The van der Waals surface area contributed by atoms with Crippen LogP contribution in [0, 0.1) is 11.8 Å². The molecule has 108 valence electrons. The van der Waals surface area contributed by atoms with Crippen LogP contribution in [-0.2, 0) is 0 Å². The molecule has 0 aliphatic heterocycles. The van der Waals surface area contributed by atoms with Gasteiger partial charge in [0.25, 0.3) is 5.91 Å². The summed E-state index contributed by atoms with van der Waals surface area (Å²) in [6.07, 6.45) is 3.63. The van der Waals surface area contributed by atoms with E-state index in [1.54, 1.807) is 24.5 Å². The first-order valence-electron chi connectivity index (χ1n) is 6.47. The average Bonchev–Trinajstić information content (AvgIpc) is 3.02. The van der Waals surface area contributed by atoms with Crippen LogP contribution in [0.2, 0.25) is 0 Å². The van der Waals surface area contributed by atoms with Gasteiger partial charge in [-0.25, -0.2) is 9.97 Å². The predicted molar refractivity (Wildman–Crippen MR) is 80.8 cm³/mol. The number of hydrogen-bond donors (Lipinski definition) is 2. The van der Waals surface area contributed by atoms with Crippen molar-refractivity contribution >= 4 is 17.2 Å². The van der Waals surface area contributed by atoms with E-state index < -0.39 is 0 Å². The molecule has 6 heteroatoms. The molecule has 5 nitrogen and oxygen atoms in total. The van der Waals surface area contributed by atoms with Crippen LogP contribution in [0.25, 0.3) is 0 Å². The molecule has 0 fully saturated rings. The third kappa shape index (κ3) is 4.12. The van der Waals surface area contributed by atoms with Crippen molar-refractivity contribution in [2.45, 2.75) is 19.4 Å². The number of rotatable bonds is 4. The van der Waals surface area contributed by atoms with Gasteiger partial charge in [0.05, 0.1) is 18.2 Å². The minimum atomic E-state index is -0.286. The van der Waals surface area contributed by atoms with Gasteiger partial charge in [0, 0.05) is 24.2 Å². The van der Waals surface area contributed by atoms with Crippen molar-refractivity contribution in [3.05, 3.63) is 46.2 Å². The number of thiazole rings is 1. The van der Waals surface area contributed by atoms with Crippen molar-refractivity contribution in [2.75, 3.05) is 6.61 Å². The maximum Gasteiger partial charge on any atom is 0.271 e. The van der Waals surface area contributed by atoms with Crippen LogP contribution in [-0.4, -0.2) is 27.6 Å². The van der Waals surface area contributed by atoms with Gasteiger partial charge in [0.15, 0.2) is 0 Å². The normalized spacial score (nSPS) is 11.3. The molecule has 0 radical (unpaired) electrons. The zero-order valence-electron chi connectivity index (χ0n) is 11.5. The fraction of sp³-hybridized carbons (Fsp3) is 0.267. The summed E-state index contributed by atoms with van der Waals surface area (Å²) in [4.78, 5) is 20.6. The Hall–Kier alpha value is -2.23. The Morgan fingerprint density at radius 2 is 2.33 bits per heavy atom. The molecular weight excluding hydrogens is 286 g/mol. The highest BCUT2D eigenvalue weighted by molar-refractivity contribution is 7.09. The maximum atomic E-state index is 12.3. The molecule has 2 heterocycles. The van der Waals surface area contributed by atoms with Gasteiger partial charge in [0.1, 0.15) is 10.7 Å². The van der Waals surface area contributed by atoms with Gasteiger partial charge in [-0.15, -0.1) is 11.3 Å². The second-order valence-electron chi connectivity index (χ2n) is 4.24. The minimum Gasteiger partial charge on any atom is -0.395 e. The second kappa shape index (κ2) is 7.53. The molecule has 0 aliphatic carbocycles. The monoisotopic (exact) mass is 301 g/mol. The van der Waals surface area contributed by atoms with E-state index in [-0.39, 0.29) is 24.2 Å². The van der Waals surface area contributed by atoms with Crippen LogP contribution < -0.4 is 5.32 Å². The van der Waals surface area contributed by atoms with E-state index in [0.717, 1.165) is 5.01 Å². The maximum absolute atomic E-state index is 12.3. The van der Waals surface area contributed by atoms with E-state index in [2.05, 4.69) is 27.1 Å². The first-order chi connectivity index (χ1) is 10.2. The highest BCUT2D eigenvalue weighted by atomic mass is 32.1. The van der Waals surface area contributed by atoms with Gasteiger partial charge in [-0.3, -0.25) is 4.79 Å². The lowest BCUT2D eigenvalue weighted by molar-refractivity contribution is 0.0934. The van der Waals surface area contributed by atoms with Crippen molar-refractivity contribution in [1.82, 2.24) is 15.3 Å². The van der Waals surface area contributed by atoms with Gasteiger partial charge in [-0.1, -0.05) is 11.8 Å². The standard InChI is InChI=1S/C15H15N3O2S/c1-11(15-17-8-10-21-15)18-14(20)13-12(5-2-3-9-19)6-4-7-16-13/h4,6-8,10-11,19H,3,9H2,1H3,(H,18,20). The first-order valence-corrected chi connectivity index (χ1v) is 7.35. The molecule has 0 aromatic carbocycles. The Kier molecular flexibility index (Phi) is 5.43. The molecule has 2 N–H and O–H groups in total. The number of aliphatic hydroxyl groups excluding tert-OH is 1. The number of hydrogen-bond acceptors (Lipinski definition) is 5. The first kappa shape index (κ1) is 15.2. The number of carbonyl (C=O) groups excluding carboxylic acids is 1. The van der Waals surface area contributed by atoms with Crippen molar-refractivity contribution in [2.24, 2.45) is 0 Å². The molecule has 0 saturated heterocycles. The summed E-state index contributed by atoms with van der Waals surface area (Å²) in [5.74, 6) is 5.37. The van der Waals surface area contributed by atoms with Crippen LogP contribution in [0.1, 0.15) is 40.4 Å². The lowest BCUT2D eigenvalue weighted by Gasteiger charge is -2.11. The summed E-state index contributed by atoms with van der Waals surface area (Å²) >= 11 is 1.49. The average molecular weight is 301 g/mol. The SMILES string of the molecule is CC(NC(=O)c1ncccc1C#CCCO)c1nccs1. The molecule has 1 amide bonds. The zero-order chi connectivity index (χ0) is 15.1. The summed E-state index contributed by atoms with van der Waals surface area (Å²) in [5, 5.41) is 14.3. The Labute approximate surface area is 127 Å². The number of nitrogens with zero attached hydrogens (tertiary/aromatic N) is 2. The highest BCUT2D eigenvalue weighted by Crippen LogP contribution is 2.15. The number of aromatic nitrogens is 2. The summed E-state index contributed by atoms with van der Waals surface area (Å²) in [7, 11) is 0. The van der Waals surface area contributed by atoms with Gasteiger partial charge in [-0.05, 0) is 19.1 Å². The smallest absolute Gasteiger partial charge is 0.271 e. The summed E-state index contributed by atoms with van der Waals surface area (Å²) in [6, 6.07) is 3.28. The fourth-order valence-corrected chi connectivity index (χ4v) is 2.32. The minimum absolute atomic E-state index is 0.00409. The Balaban J connectivity index is 2.14. The van der Waals surface area contributed by atoms with Crippen LogP contribution in [0.5, 0.6) is 0 Å². The Morgan fingerprint density at radius 1 is 1.48 bits per heavy atom. The van der Waals surface area contributed by atoms with Gasteiger partial charge in [0.2, 0.25) is 0 Å². The molecule has 0 aliphatic rings. The molecule has 1 atom stereocenters. The van der Waals surface area contributed by atoms with Gasteiger partial charge < -0.3 is 10.4 Å². The van der Waals surface area contributed by atoms with Crippen molar-refractivity contribution in [3.8, 4) is 11.8 Å².